The van der Waals surface area contributed by atoms with Gasteiger partial charge in [-0.2, -0.15) is 0 Å². The van der Waals surface area contributed by atoms with Crippen molar-refractivity contribution in [1.82, 2.24) is 10.6 Å². The molecule has 190 valence electrons. The number of carbonyl (C=O) groups is 2. The minimum atomic E-state index is -0.580. The maximum Gasteiger partial charge on any atom is 0.407 e. The molecule has 0 spiro atoms. The first-order chi connectivity index (χ1) is 16.4. The van der Waals surface area contributed by atoms with Crippen LogP contribution in [0.2, 0.25) is 0 Å². The molecular formula is C28H39N3O4. The van der Waals surface area contributed by atoms with E-state index in [2.05, 4.69) is 24.5 Å². The van der Waals surface area contributed by atoms with Crippen molar-refractivity contribution in [3.05, 3.63) is 70.8 Å². The van der Waals surface area contributed by atoms with Crippen LogP contribution in [0.5, 0.6) is 0 Å². The summed E-state index contributed by atoms with van der Waals surface area (Å²) in [6.07, 6.45) is 0.855. The average molecular weight is 482 g/mol. The van der Waals surface area contributed by atoms with Crippen molar-refractivity contribution in [1.29, 1.82) is 0 Å². The van der Waals surface area contributed by atoms with Crippen molar-refractivity contribution in [2.24, 2.45) is 5.73 Å². The number of hydrogen-bond acceptors (Lipinski definition) is 5. The minimum absolute atomic E-state index is 0.0539. The van der Waals surface area contributed by atoms with Crippen molar-refractivity contribution in [2.75, 3.05) is 13.7 Å². The molecule has 3 rings (SSSR count). The SMILES string of the molecule is COC1Cc2ccc(C(N)=O)cc2C(C)(C)C1NC[C@@H](Cc1ccccc1)NC(=O)OC(C)(C)C. The van der Waals surface area contributed by atoms with E-state index in [1.165, 1.54) is 0 Å². The number of methoxy groups -OCH3 is 1. The molecule has 0 saturated heterocycles. The second kappa shape index (κ2) is 10.8. The van der Waals surface area contributed by atoms with Gasteiger partial charge < -0.3 is 25.8 Å². The van der Waals surface area contributed by atoms with Gasteiger partial charge in [0.05, 0.1) is 6.10 Å². The molecule has 2 aromatic carbocycles. The summed E-state index contributed by atoms with van der Waals surface area (Å²) in [5.41, 5.74) is 8.49. The molecule has 1 aliphatic carbocycles. The molecule has 3 atom stereocenters. The first-order valence-corrected chi connectivity index (χ1v) is 12.1. The molecule has 7 nitrogen and oxygen atoms in total. The van der Waals surface area contributed by atoms with Gasteiger partial charge in [0.1, 0.15) is 5.60 Å². The Morgan fingerprint density at radius 3 is 2.43 bits per heavy atom. The van der Waals surface area contributed by atoms with E-state index in [1.807, 2.05) is 63.2 Å². The highest BCUT2D eigenvalue weighted by molar-refractivity contribution is 5.93. The summed E-state index contributed by atoms with van der Waals surface area (Å²) in [6.45, 7) is 10.4. The van der Waals surface area contributed by atoms with Gasteiger partial charge in [-0.25, -0.2) is 4.79 Å². The lowest BCUT2D eigenvalue weighted by Crippen LogP contribution is -2.59. The molecule has 0 aromatic heterocycles. The number of hydrogen-bond donors (Lipinski definition) is 3. The number of ether oxygens (including phenoxy) is 2. The third kappa shape index (κ3) is 6.83. The molecule has 35 heavy (non-hydrogen) atoms. The van der Waals surface area contributed by atoms with Crippen LogP contribution in [0.4, 0.5) is 4.79 Å². The summed E-state index contributed by atoms with van der Waals surface area (Å²) in [7, 11) is 1.72. The predicted octanol–water partition coefficient (Wildman–Crippen LogP) is 3.73. The summed E-state index contributed by atoms with van der Waals surface area (Å²) in [4.78, 5) is 24.4. The number of carbonyl (C=O) groups excluding carboxylic acids is 2. The zero-order valence-corrected chi connectivity index (χ0v) is 21.7. The summed E-state index contributed by atoms with van der Waals surface area (Å²) in [5.74, 6) is -0.438. The molecule has 1 aliphatic rings. The molecule has 2 aromatic rings. The topological polar surface area (TPSA) is 103 Å². The van der Waals surface area contributed by atoms with Crippen LogP contribution >= 0.6 is 0 Å². The first-order valence-electron chi connectivity index (χ1n) is 12.1. The van der Waals surface area contributed by atoms with Gasteiger partial charge in [0.2, 0.25) is 5.91 Å². The number of fused-ring (bicyclic) bond motifs is 1. The molecule has 0 bridgehead atoms. The van der Waals surface area contributed by atoms with E-state index >= 15 is 0 Å². The van der Waals surface area contributed by atoms with Crippen LogP contribution in [0.3, 0.4) is 0 Å². The third-order valence-electron chi connectivity index (χ3n) is 6.59. The van der Waals surface area contributed by atoms with Gasteiger partial charge in [-0.1, -0.05) is 50.2 Å². The Balaban J connectivity index is 1.82. The molecule has 0 heterocycles. The van der Waals surface area contributed by atoms with Crippen molar-refractivity contribution in [3.8, 4) is 0 Å². The number of nitrogens with one attached hydrogen (secondary N) is 2. The third-order valence-corrected chi connectivity index (χ3v) is 6.59. The maximum atomic E-state index is 12.6. The molecule has 2 amide bonds. The number of primary amides is 1. The highest BCUT2D eigenvalue weighted by Gasteiger charge is 2.43. The molecule has 2 unspecified atom stereocenters. The Kier molecular flexibility index (Phi) is 8.23. The lowest BCUT2D eigenvalue weighted by Gasteiger charge is -2.45. The van der Waals surface area contributed by atoms with Crippen molar-refractivity contribution in [3.63, 3.8) is 0 Å². The number of benzene rings is 2. The van der Waals surface area contributed by atoms with Crippen LogP contribution in [0.15, 0.2) is 48.5 Å². The van der Waals surface area contributed by atoms with Gasteiger partial charge >= 0.3 is 6.09 Å². The summed E-state index contributed by atoms with van der Waals surface area (Å²) in [6, 6.07) is 15.5. The summed E-state index contributed by atoms with van der Waals surface area (Å²) >= 11 is 0. The van der Waals surface area contributed by atoms with E-state index in [9.17, 15) is 9.59 Å². The Morgan fingerprint density at radius 2 is 1.83 bits per heavy atom. The highest BCUT2D eigenvalue weighted by atomic mass is 16.6. The van der Waals surface area contributed by atoms with E-state index in [1.54, 1.807) is 13.2 Å². The maximum absolute atomic E-state index is 12.6. The second-order valence-corrected chi connectivity index (χ2v) is 10.9. The van der Waals surface area contributed by atoms with Crippen LogP contribution in [0, 0.1) is 0 Å². The first kappa shape index (κ1) is 26.7. The Bertz CT molecular complexity index is 1030. The highest BCUT2D eigenvalue weighted by Crippen LogP contribution is 2.38. The van der Waals surface area contributed by atoms with Gasteiger partial charge in [0.25, 0.3) is 0 Å². The number of amides is 2. The van der Waals surface area contributed by atoms with Crippen molar-refractivity contribution >= 4 is 12.0 Å². The van der Waals surface area contributed by atoms with Gasteiger partial charge in [-0.05, 0) is 56.0 Å². The van der Waals surface area contributed by atoms with E-state index in [0.717, 1.165) is 23.1 Å². The molecule has 7 heteroatoms. The number of nitrogens with two attached hydrogens (primary N) is 1. The quantitative estimate of drug-likeness (QED) is 0.533. The zero-order chi connectivity index (χ0) is 25.8. The van der Waals surface area contributed by atoms with E-state index in [4.69, 9.17) is 15.2 Å². The molecular weight excluding hydrogens is 442 g/mol. The van der Waals surface area contributed by atoms with E-state index in [0.29, 0.717) is 18.5 Å². The Hall–Kier alpha value is -2.90. The summed E-state index contributed by atoms with van der Waals surface area (Å²) < 4.78 is 11.4. The molecule has 0 aliphatic heterocycles. The van der Waals surface area contributed by atoms with Crippen LogP contribution in [-0.4, -0.2) is 49.4 Å². The zero-order valence-electron chi connectivity index (χ0n) is 21.7. The average Bonchev–Trinajstić information content (AvgIpc) is 2.77. The number of alkyl carbamates (subject to hydrolysis) is 1. The standard InChI is InChI=1S/C28H39N3O4/c1-27(2,3)35-26(33)31-21(14-18-10-8-7-9-11-18)17-30-24-23(34-6)16-19-12-13-20(25(29)32)15-22(19)28(24,4)5/h7-13,15,21,23-24,30H,14,16-17H2,1-6H3,(H2,29,32)(H,31,33)/t21-,23?,24?/m1/s1. The molecule has 0 saturated carbocycles. The summed E-state index contributed by atoms with van der Waals surface area (Å²) in [5, 5.41) is 6.72. The van der Waals surface area contributed by atoms with Crippen LogP contribution < -0.4 is 16.4 Å². The Labute approximate surface area is 208 Å². The normalized spacial score (nSPS) is 19.9. The second-order valence-electron chi connectivity index (χ2n) is 10.9. The van der Waals surface area contributed by atoms with Crippen LogP contribution in [0.25, 0.3) is 0 Å². The fourth-order valence-corrected chi connectivity index (χ4v) is 4.90. The lowest BCUT2D eigenvalue weighted by molar-refractivity contribution is 0.0334. The van der Waals surface area contributed by atoms with E-state index < -0.39 is 17.6 Å². The fraction of sp³-hybridized carbons (Fsp3) is 0.500. The minimum Gasteiger partial charge on any atom is -0.444 e. The van der Waals surface area contributed by atoms with Gasteiger partial charge in [-0.15, -0.1) is 0 Å². The van der Waals surface area contributed by atoms with Crippen LogP contribution in [-0.2, 0) is 27.7 Å². The van der Waals surface area contributed by atoms with Gasteiger partial charge in [0, 0.05) is 43.1 Å². The van der Waals surface area contributed by atoms with Gasteiger partial charge in [-0.3, -0.25) is 4.79 Å². The molecule has 4 N–H and O–H groups in total. The van der Waals surface area contributed by atoms with Crippen molar-refractivity contribution < 1.29 is 19.1 Å². The number of rotatable bonds is 8. The molecule has 0 fully saturated rings. The fourth-order valence-electron chi connectivity index (χ4n) is 4.90. The van der Waals surface area contributed by atoms with Gasteiger partial charge in [0.15, 0.2) is 0 Å². The monoisotopic (exact) mass is 481 g/mol. The smallest absolute Gasteiger partial charge is 0.407 e. The predicted molar refractivity (Wildman–Crippen MR) is 138 cm³/mol. The largest absolute Gasteiger partial charge is 0.444 e. The van der Waals surface area contributed by atoms with Crippen molar-refractivity contribution in [2.45, 2.75) is 76.7 Å². The Morgan fingerprint density at radius 1 is 1.14 bits per heavy atom. The van der Waals surface area contributed by atoms with E-state index in [-0.39, 0.29) is 23.6 Å². The lowest BCUT2D eigenvalue weighted by atomic mass is 9.67. The molecule has 0 radical (unpaired) electrons. The van der Waals surface area contributed by atoms with Crippen LogP contribution in [0.1, 0.15) is 61.7 Å².